The molecule has 0 spiro atoms. The predicted octanol–water partition coefficient (Wildman–Crippen LogP) is 4.56. The van der Waals surface area contributed by atoms with Crippen LogP contribution < -0.4 is 5.32 Å². The number of halogens is 2. The summed E-state index contributed by atoms with van der Waals surface area (Å²) in [6.07, 6.45) is 0. The molecule has 2 aromatic rings. The van der Waals surface area contributed by atoms with Crippen LogP contribution in [0, 0.1) is 0 Å². The number of aromatic nitrogens is 1. The van der Waals surface area contributed by atoms with Gasteiger partial charge in [0.2, 0.25) is 0 Å². The summed E-state index contributed by atoms with van der Waals surface area (Å²) in [6, 6.07) is 2.26. The summed E-state index contributed by atoms with van der Waals surface area (Å²) in [5.41, 5.74) is 1.87. The summed E-state index contributed by atoms with van der Waals surface area (Å²) in [5.74, 6) is 2.27. The van der Waals surface area contributed by atoms with Crippen molar-refractivity contribution in [1.82, 2.24) is 10.3 Å². The average Bonchev–Trinajstić information content (AvgIpc) is 2.97. The van der Waals surface area contributed by atoms with Crippen LogP contribution in [0.4, 0.5) is 0 Å². The number of nitrogens with zero attached hydrogens (tertiary/aromatic N) is 1. The second-order valence-corrected chi connectivity index (χ2v) is 8.22. The molecule has 1 aliphatic heterocycles. The molecule has 2 nitrogen and oxygen atoms in total. The molecule has 1 atom stereocenters. The molecule has 7 heteroatoms. The maximum absolute atomic E-state index is 6.15. The van der Waals surface area contributed by atoms with Gasteiger partial charge in [-0.2, -0.15) is 11.8 Å². The fourth-order valence-corrected chi connectivity index (χ4v) is 5.23. The van der Waals surface area contributed by atoms with Crippen LogP contribution in [0.5, 0.6) is 0 Å². The van der Waals surface area contributed by atoms with Gasteiger partial charge in [-0.3, -0.25) is 0 Å². The Morgan fingerprint density at radius 3 is 2.94 bits per heavy atom. The fourth-order valence-electron chi connectivity index (χ4n) is 1.81. The Balaban J connectivity index is 1.86. The van der Waals surface area contributed by atoms with Gasteiger partial charge in [0.25, 0.3) is 0 Å². The standard InChI is InChI=1S/C11H10Cl2N2S3/c12-9-3-6(10(13)18-9)7-5-17-11(15-7)8-4-16-2-1-14-8/h3,5,8,14H,1-2,4H2. The first-order chi connectivity index (χ1) is 8.74. The summed E-state index contributed by atoms with van der Waals surface area (Å²) < 4.78 is 1.42. The van der Waals surface area contributed by atoms with Crippen LogP contribution in [0.1, 0.15) is 11.0 Å². The zero-order chi connectivity index (χ0) is 12.5. The first-order valence-corrected chi connectivity index (χ1v) is 9.06. The molecule has 1 saturated heterocycles. The maximum Gasteiger partial charge on any atom is 0.111 e. The van der Waals surface area contributed by atoms with Crippen LogP contribution in [0.15, 0.2) is 11.4 Å². The zero-order valence-electron chi connectivity index (χ0n) is 9.28. The third-order valence-corrected chi connectivity index (χ3v) is 6.18. The van der Waals surface area contributed by atoms with Crippen molar-refractivity contribution in [2.45, 2.75) is 6.04 Å². The van der Waals surface area contributed by atoms with Gasteiger partial charge in [0.15, 0.2) is 0 Å². The number of rotatable bonds is 2. The van der Waals surface area contributed by atoms with Gasteiger partial charge in [-0.1, -0.05) is 23.2 Å². The highest BCUT2D eigenvalue weighted by Gasteiger charge is 2.19. The van der Waals surface area contributed by atoms with Crippen LogP contribution >= 0.6 is 57.6 Å². The lowest BCUT2D eigenvalue weighted by atomic mass is 10.2. The molecule has 1 unspecified atom stereocenters. The minimum absolute atomic E-state index is 0.371. The van der Waals surface area contributed by atoms with Gasteiger partial charge >= 0.3 is 0 Å². The van der Waals surface area contributed by atoms with E-state index in [0.29, 0.717) is 14.7 Å². The third-order valence-electron chi connectivity index (χ3n) is 2.67. The van der Waals surface area contributed by atoms with Crippen LogP contribution in [-0.2, 0) is 0 Å². The van der Waals surface area contributed by atoms with Crippen molar-refractivity contribution >= 4 is 57.6 Å². The fraction of sp³-hybridized carbons (Fsp3) is 0.364. The molecule has 1 N–H and O–H groups in total. The van der Waals surface area contributed by atoms with Crippen LogP contribution in [-0.4, -0.2) is 23.0 Å². The van der Waals surface area contributed by atoms with Crippen molar-refractivity contribution < 1.29 is 0 Å². The molecule has 18 heavy (non-hydrogen) atoms. The van der Waals surface area contributed by atoms with E-state index < -0.39 is 0 Å². The monoisotopic (exact) mass is 336 g/mol. The summed E-state index contributed by atoms with van der Waals surface area (Å²) in [4.78, 5) is 4.68. The number of thioether (sulfide) groups is 1. The largest absolute Gasteiger partial charge is 0.306 e. The molecule has 3 rings (SSSR count). The molecule has 0 bridgehead atoms. The van der Waals surface area contributed by atoms with Crippen molar-refractivity contribution in [2.75, 3.05) is 18.1 Å². The molecule has 0 radical (unpaired) electrons. The zero-order valence-corrected chi connectivity index (χ0v) is 13.2. The van der Waals surface area contributed by atoms with Crippen molar-refractivity contribution in [1.29, 1.82) is 0 Å². The van der Waals surface area contributed by atoms with E-state index in [9.17, 15) is 0 Å². The molecular formula is C11H10Cl2N2S3. The number of thiophene rings is 1. The molecule has 3 heterocycles. The normalized spacial score (nSPS) is 20.2. The minimum atomic E-state index is 0.371. The van der Waals surface area contributed by atoms with Gasteiger partial charge in [-0.25, -0.2) is 4.98 Å². The highest BCUT2D eigenvalue weighted by molar-refractivity contribution is 7.99. The smallest absolute Gasteiger partial charge is 0.111 e. The number of nitrogens with one attached hydrogen (secondary N) is 1. The SMILES string of the molecule is Clc1cc(-c2csc(C3CSCCN3)n2)c(Cl)s1. The number of hydrogen-bond donors (Lipinski definition) is 1. The molecule has 2 aromatic heterocycles. The summed E-state index contributed by atoms with van der Waals surface area (Å²) in [5, 5.41) is 6.68. The van der Waals surface area contributed by atoms with Crippen molar-refractivity contribution in [2.24, 2.45) is 0 Å². The predicted molar refractivity (Wildman–Crippen MR) is 83.5 cm³/mol. The second kappa shape index (κ2) is 5.69. The van der Waals surface area contributed by atoms with Gasteiger partial charge in [0.1, 0.15) is 9.34 Å². The van der Waals surface area contributed by atoms with Crippen molar-refractivity contribution in [3.63, 3.8) is 0 Å². The van der Waals surface area contributed by atoms with E-state index in [1.165, 1.54) is 17.1 Å². The molecule has 1 aliphatic rings. The van der Waals surface area contributed by atoms with Gasteiger partial charge in [-0.15, -0.1) is 22.7 Å². The Labute approximate surface area is 128 Å². The topological polar surface area (TPSA) is 24.9 Å². The van der Waals surface area contributed by atoms with Gasteiger partial charge in [-0.05, 0) is 6.07 Å². The Kier molecular flexibility index (Phi) is 4.18. The summed E-state index contributed by atoms with van der Waals surface area (Å²) >= 11 is 17.2. The first kappa shape index (κ1) is 13.2. The van der Waals surface area contributed by atoms with E-state index in [4.69, 9.17) is 23.2 Å². The molecule has 96 valence electrons. The van der Waals surface area contributed by atoms with E-state index in [1.807, 2.05) is 17.8 Å². The van der Waals surface area contributed by atoms with Crippen molar-refractivity contribution in [3.8, 4) is 11.3 Å². The Hall–Kier alpha value is 0.220. The van der Waals surface area contributed by atoms with E-state index in [0.717, 1.165) is 28.6 Å². The van der Waals surface area contributed by atoms with Crippen LogP contribution in [0.3, 0.4) is 0 Å². The van der Waals surface area contributed by atoms with E-state index in [2.05, 4.69) is 15.7 Å². The molecule has 0 aromatic carbocycles. The van der Waals surface area contributed by atoms with Crippen LogP contribution in [0.2, 0.25) is 8.67 Å². The molecule has 0 aliphatic carbocycles. The maximum atomic E-state index is 6.15. The summed E-state index contributed by atoms with van der Waals surface area (Å²) in [7, 11) is 0. The number of thiazole rings is 1. The number of hydrogen-bond acceptors (Lipinski definition) is 5. The van der Waals surface area contributed by atoms with E-state index in [1.54, 1.807) is 11.3 Å². The lowest BCUT2D eigenvalue weighted by molar-refractivity contribution is 0.592. The van der Waals surface area contributed by atoms with Crippen LogP contribution in [0.25, 0.3) is 11.3 Å². The quantitative estimate of drug-likeness (QED) is 0.870. The van der Waals surface area contributed by atoms with Crippen molar-refractivity contribution in [3.05, 3.63) is 25.1 Å². The highest BCUT2D eigenvalue weighted by Crippen LogP contribution is 2.39. The lowest BCUT2D eigenvalue weighted by Gasteiger charge is -2.20. The molecular weight excluding hydrogens is 327 g/mol. The lowest BCUT2D eigenvalue weighted by Crippen LogP contribution is -2.30. The Bertz CT molecular complexity index is 546. The highest BCUT2D eigenvalue weighted by atomic mass is 35.5. The van der Waals surface area contributed by atoms with E-state index in [-0.39, 0.29) is 0 Å². The minimum Gasteiger partial charge on any atom is -0.306 e. The molecule has 1 fully saturated rings. The average molecular weight is 337 g/mol. The first-order valence-electron chi connectivity index (χ1n) is 5.46. The molecule has 0 amide bonds. The van der Waals surface area contributed by atoms with Gasteiger partial charge in [0.05, 0.1) is 16.1 Å². The summed E-state index contributed by atoms with van der Waals surface area (Å²) in [6.45, 7) is 1.05. The molecule has 0 saturated carbocycles. The Morgan fingerprint density at radius 2 is 2.28 bits per heavy atom. The Morgan fingerprint density at radius 1 is 1.39 bits per heavy atom. The second-order valence-electron chi connectivity index (χ2n) is 3.89. The third kappa shape index (κ3) is 2.71. The van der Waals surface area contributed by atoms with Gasteiger partial charge < -0.3 is 5.32 Å². The van der Waals surface area contributed by atoms with E-state index >= 15 is 0 Å². The van der Waals surface area contributed by atoms with Gasteiger partial charge in [0, 0.05) is 29.0 Å².